The summed E-state index contributed by atoms with van der Waals surface area (Å²) in [6.07, 6.45) is 3.38. The Bertz CT molecular complexity index is 473. The smallest absolute Gasteiger partial charge is 0.171 e. The molecule has 1 fully saturated rings. The first-order valence-electron chi connectivity index (χ1n) is 6.82. The maximum Gasteiger partial charge on any atom is 0.171 e. The molecule has 0 bridgehead atoms. The molecule has 0 aliphatic carbocycles. The summed E-state index contributed by atoms with van der Waals surface area (Å²) in [4.78, 5) is 2.43. The van der Waals surface area contributed by atoms with Crippen LogP contribution in [-0.2, 0) is 0 Å². The summed E-state index contributed by atoms with van der Waals surface area (Å²) in [5, 5.41) is 21.2. The molecule has 20 heavy (non-hydrogen) atoms. The second kappa shape index (κ2) is 5.93. The Hall–Kier alpha value is -1.40. The van der Waals surface area contributed by atoms with E-state index in [4.69, 9.17) is 28.2 Å². The molecule has 0 aromatic heterocycles. The summed E-state index contributed by atoms with van der Waals surface area (Å²) in [6, 6.07) is 0.765. The Morgan fingerprint density at radius 3 is 2.55 bits per heavy atom. The highest BCUT2D eigenvalue weighted by molar-refractivity contribution is 6.68. The first kappa shape index (κ1) is 15.0. The van der Waals surface area contributed by atoms with Gasteiger partial charge in [0, 0.05) is 25.2 Å². The number of allylic oxidation sites excluding steroid dienone is 1. The van der Waals surface area contributed by atoms with Crippen LogP contribution in [0, 0.1) is 10.8 Å². The van der Waals surface area contributed by atoms with Crippen LogP contribution in [0.3, 0.4) is 0 Å². The van der Waals surface area contributed by atoms with Crippen LogP contribution in [0.1, 0.15) is 26.7 Å². The van der Waals surface area contributed by atoms with Crippen molar-refractivity contribution in [2.24, 2.45) is 10.8 Å². The molecular weight excluding hydrogens is 276 g/mol. The number of rotatable bonds is 3. The predicted molar refractivity (Wildman–Crippen MR) is 82.6 cm³/mol. The maximum atomic E-state index is 7.93. The molecule has 0 amide bonds. The van der Waals surface area contributed by atoms with E-state index in [-0.39, 0.29) is 22.8 Å². The summed E-state index contributed by atoms with van der Waals surface area (Å²) in [5.74, 6) is 0.195. The Morgan fingerprint density at radius 1 is 1.45 bits per heavy atom. The third-order valence-corrected chi connectivity index (χ3v) is 3.92. The minimum absolute atomic E-state index is 0.112. The summed E-state index contributed by atoms with van der Waals surface area (Å²) < 4.78 is 0. The zero-order valence-electron chi connectivity index (χ0n) is 11.9. The van der Waals surface area contributed by atoms with Crippen LogP contribution in [0.25, 0.3) is 0 Å². The van der Waals surface area contributed by atoms with E-state index in [1.807, 2.05) is 0 Å². The molecule has 0 atom stereocenters. The van der Waals surface area contributed by atoms with Crippen LogP contribution >= 0.6 is 11.6 Å². The van der Waals surface area contributed by atoms with E-state index in [0.29, 0.717) is 11.7 Å². The first-order valence-corrected chi connectivity index (χ1v) is 7.20. The molecule has 2 aliphatic rings. The lowest BCUT2D eigenvalue weighted by molar-refractivity contribution is 0.118. The number of piperidine rings is 1. The Balaban J connectivity index is 2.12. The molecule has 0 aromatic carbocycles. The van der Waals surface area contributed by atoms with E-state index in [9.17, 15) is 0 Å². The molecule has 0 unspecified atom stereocenters. The normalized spacial score (nSPS) is 23.8. The van der Waals surface area contributed by atoms with Gasteiger partial charge in [-0.05, 0) is 26.7 Å². The second-order valence-electron chi connectivity index (χ2n) is 5.44. The van der Waals surface area contributed by atoms with Crippen molar-refractivity contribution >= 4 is 28.3 Å². The highest BCUT2D eigenvalue weighted by atomic mass is 35.5. The zero-order chi connectivity index (χ0) is 14.9. The molecule has 2 aliphatic heterocycles. The maximum absolute atomic E-state index is 7.93. The molecule has 110 valence electrons. The number of likely N-dealkylation sites (tertiary alicyclic amines) is 1. The fraction of sp³-hybridized carbons (Fsp3) is 0.615. The van der Waals surface area contributed by atoms with E-state index in [1.54, 1.807) is 5.01 Å². The summed E-state index contributed by atoms with van der Waals surface area (Å²) >= 11 is 5.62. The van der Waals surface area contributed by atoms with Crippen molar-refractivity contribution < 1.29 is 0 Å². The van der Waals surface area contributed by atoms with E-state index >= 15 is 0 Å². The van der Waals surface area contributed by atoms with Crippen molar-refractivity contribution in [3.63, 3.8) is 0 Å². The summed E-state index contributed by atoms with van der Waals surface area (Å²) in [7, 11) is 0. The number of halogens is 1. The largest absolute Gasteiger partial charge is 0.380 e. The number of nitrogens with one attached hydrogen (secondary N) is 2. The number of amidine groups is 1. The van der Waals surface area contributed by atoms with Gasteiger partial charge in [0.2, 0.25) is 0 Å². The Morgan fingerprint density at radius 2 is 2.05 bits per heavy atom. The van der Waals surface area contributed by atoms with Crippen molar-refractivity contribution in [1.82, 2.24) is 9.91 Å². The first-order chi connectivity index (χ1) is 9.40. The van der Waals surface area contributed by atoms with Crippen molar-refractivity contribution in [3.05, 3.63) is 11.8 Å². The highest BCUT2D eigenvalue weighted by Crippen LogP contribution is 2.26. The molecule has 0 spiro atoms. The van der Waals surface area contributed by atoms with Crippen molar-refractivity contribution in [1.29, 1.82) is 10.8 Å². The van der Waals surface area contributed by atoms with Gasteiger partial charge in [-0.1, -0.05) is 11.6 Å². The van der Waals surface area contributed by atoms with E-state index in [1.165, 1.54) is 6.08 Å². The van der Waals surface area contributed by atoms with Crippen molar-refractivity contribution in [2.45, 2.75) is 38.8 Å². The second-order valence-corrected chi connectivity index (χ2v) is 5.85. The van der Waals surface area contributed by atoms with Gasteiger partial charge in [-0.2, -0.15) is 5.10 Å². The quantitative estimate of drug-likeness (QED) is 0.690. The topological polar surface area (TPSA) is 92.6 Å². The zero-order valence-corrected chi connectivity index (χ0v) is 12.6. The molecular formula is C13H21ClN6. The Kier molecular flexibility index (Phi) is 4.45. The Labute approximate surface area is 124 Å². The van der Waals surface area contributed by atoms with Crippen molar-refractivity contribution in [2.75, 3.05) is 13.1 Å². The monoisotopic (exact) mass is 296 g/mol. The minimum atomic E-state index is -0.112. The third-order valence-electron chi connectivity index (χ3n) is 3.81. The molecule has 0 radical (unpaired) electrons. The van der Waals surface area contributed by atoms with Gasteiger partial charge in [-0.25, -0.2) is 0 Å². The van der Waals surface area contributed by atoms with Gasteiger partial charge in [-0.3, -0.25) is 15.8 Å². The lowest BCUT2D eigenvalue weighted by atomic mass is 10.0. The average molecular weight is 297 g/mol. The van der Waals surface area contributed by atoms with Crippen LogP contribution in [-0.4, -0.2) is 51.8 Å². The number of nitrogens with zero attached hydrogens (tertiary/aromatic N) is 3. The van der Waals surface area contributed by atoms with Gasteiger partial charge in [-0.15, -0.1) is 0 Å². The van der Waals surface area contributed by atoms with Crippen LogP contribution in [0.2, 0.25) is 0 Å². The standard InChI is InChI=1S/C13H21ClN6/c1-8(2)19-5-3-9(4-6-19)20-10(7-11(14)15)12(16)13(17)18-20/h7-9,15-16H,3-6H2,1-2H3,(H2,17,18)/b10-7+,15-11?,16-12?. The van der Waals surface area contributed by atoms with Gasteiger partial charge < -0.3 is 10.6 Å². The predicted octanol–water partition coefficient (Wildman–Crippen LogP) is 1.57. The molecule has 7 heteroatoms. The van der Waals surface area contributed by atoms with Crippen LogP contribution < -0.4 is 5.73 Å². The van der Waals surface area contributed by atoms with Crippen LogP contribution in [0.4, 0.5) is 0 Å². The fourth-order valence-electron chi connectivity index (χ4n) is 2.65. The minimum Gasteiger partial charge on any atom is -0.380 e. The summed E-state index contributed by atoms with van der Waals surface area (Å²) in [5.41, 5.74) is 6.42. The molecule has 2 heterocycles. The molecule has 0 aromatic rings. The summed E-state index contributed by atoms with van der Waals surface area (Å²) in [6.45, 7) is 6.41. The number of hydrazone groups is 1. The number of nitrogens with two attached hydrogens (primary N) is 1. The SMILES string of the molecule is CC(C)N1CCC(N2N=C(N)C(=N)/C2=C\C(=N)Cl)CC1. The molecule has 6 nitrogen and oxygen atoms in total. The van der Waals surface area contributed by atoms with E-state index in [0.717, 1.165) is 25.9 Å². The molecule has 4 N–H and O–H groups in total. The van der Waals surface area contributed by atoms with E-state index in [2.05, 4.69) is 23.8 Å². The lowest BCUT2D eigenvalue weighted by Gasteiger charge is -2.37. The third kappa shape index (κ3) is 3.02. The van der Waals surface area contributed by atoms with Crippen molar-refractivity contribution in [3.8, 4) is 0 Å². The van der Waals surface area contributed by atoms with Gasteiger partial charge >= 0.3 is 0 Å². The van der Waals surface area contributed by atoms with Gasteiger partial charge in [0.1, 0.15) is 10.9 Å². The van der Waals surface area contributed by atoms with Gasteiger partial charge in [0.15, 0.2) is 5.84 Å². The van der Waals surface area contributed by atoms with Gasteiger partial charge in [0.25, 0.3) is 0 Å². The van der Waals surface area contributed by atoms with E-state index < -0.39 is 0 Å². The fourth-order valence-corrected chi connectivity index (χ4v) is 2.75. The number of hydrogen-bond donors (Lipinski definition) is 3. The number of hydrogen-bond acceptors (Lipinski definition) is 6. The van der Waals surface area contributed by atoms with Crippen LogP contribution in [0.5, 0.6) is 0 Å². The highest BCUT2D eigenvalue weighted by Gasteiger charge is 2.33. The lowest BCUT2D eigenvalue weighted by Crippen LogP contribution is -2.44. The molecule has 2 rings (SSSR count). The molecule has 1 saturated heterocycles. The van der Waals surface area contributed by atoms with Gasteiger partial charge in [0.05, 0.1) is 11.7 Å². The van der Waals surface area contributed by atoms with Crippen LogP contribution in [0.15, 0.2) is 16.9 Å². The molecule has 0 saturated carbocycles. The average Bonchev–Trinajstić information content (AvgIpc) is 2.66.